The molecule has 1 aliphatic carbocycles. The lowest BCUT2D eigenvalue weighted by molar-refractivity contribution is 0.0725. The number of halogens is 1. The van der Waals surface area contributed by atoms with Gasteiger partial charge < -0.3 is 5.11 Å². The largest absolute Gasteiger partial charge is 0.390 e. The smallest absolute Gasteiger partial charge is 0.241 e. The first-order chi connectivity index (χ1) is 10.5. The van der Waals surface area contributed by atoms with Crippen LogP contribution in [0.3, 0.4) is 0 Å². The third kappa shape index (κ3) is 3.17. The summed E-state index contributed by atoms with van der Waals surface area (Å²) in [4.78, 5) is 2.13. The van der Waals surface area contributed by atoms with Crippen molar-refractivity contribution >= 4 is 10.0 Å². The number of benzene rings is 1. The van der Waals surface area contributed by atoms with Crippen LogP contribution < -0.4 is 4.72 Å². The summed E-state index contributed by atoms with van der Waals surface area (Å²) >= 11 is 0. The van der Waals surface area contributed by atoms with Gasteiger partial charge in [0.05, 0.1) is 11.0 Å². The van der Waals surface area contributed by atoms with Crippen LogP contribution in [-0.2, 0) is 10.0 Å². The molecule has 22 heavy (non-hydrogen) atoms. The molecule has 3 atom stereocenters. The van der Waals surface area contributed by atoms with Gasteiger partial charge in [0.2, 0.25) is 10.0 Å². The van der Waals surface area contributed by atoms with Gasteiger partial charge in [-0.1, -0.05) is 6.07 Å². The Labute approximate surface area is 130 Å². The van der Waals surface area contributed by atoms with Crippen molar-refractivity contribution in [3.05, 3.63) is 30.1 Å². The van der Waals surface area contributed by atoms with E-state index in [4.69, 9.17) is 0 Å². The van der Waals surface area contributed by atoms with Gasteiger partial charge in [-0.25, -0.2) is 17.5 Å². The third-order valence-electron chi connectivity index (χ3n) is 4.60. The topological polar surface area (TPSA) is 69.6 Å². The minimum atomic E-state index is -3.81. The van der Waals surface area contributed by atoms with Gasteiger partial charge in [0.25, 0.3) is 0 Å². The van der Waals surface area contributed by atoms with Crippen LogP contribution in [0.25, 0.3) is 0 Å². The Morgan fingerprint density at radius 2 is 1.95 bits per heavy atom. The van der Waals surface area contributed by atoms with Crippen molar-refractivity contribution in [3.63, 3.8) is 0 Å². The van der Waals surface area contributed by atoms with Gasteiger partial charge in [-0.3, -0.25) is 4.90 Å². The Bertz CT molecular complexity index is 631. The van der Waals surface area contributed by atoms with Crippen LogP contribution in [0.15, 0.2) is 29.2 Å². The molecule has 2 N–H and O–H groups in total. The Hall–Kier alpha value is -1.02. The number of aliphatic hydroxyl groups is 1. The minimum Gasteiger partial charge on any atom is -0.390 e. The fraction of sp³-hybridized carbons (Fsp3) is 0.600. The van der Waals surface area contributed by atoms with E-state index in [-0.39, 0.29) is 10.9 Å². The lowest BCUT2D eigenvalue weighted by Crippen LogP contribution is -2.47. The second kappa shape index (κ2) is 6.23. The van der Waals surface area contributed by atoms with Crippen LogP contribution in [0.4, 0.5) is 4.39 Å². The molecule has 0 radical (unpaired) electrons. The van der Waals surface area contributed by atoms with Gasteiger partial charge in [-0.2, -0.15) is 0 Å². The molecule has 122 valence electrons. The zero-order valence-electron chi connectivity index (χ0n) is 12.3. The average Bonchev–Trinajstić information content (AvgIpc) is 3.10. The van der Waals surface area contributed by atoms with E-state index in [0.717, 1.165) is 38.4 Å². The average molecular weight is 328 g/mol. The summed E-state index contributed by atoms with van der Waals surface area (Å²) < 4.78 is 40.4. The molecule has 2 aliphatic rings. The second-order valence-corrected chi connectivity index (χ2v) is 7.78. The summed E-state index contributed by atoms with van der Waals surface area (Å²) in [7, 11) is -3.81. The van der Waals surface area contributed by atoms with Crippen LogP contribution in [0.1, 0.15) is 25.7 Å². The molecule has 7 heteroatoms. The highest BCUT2D eigenvalue weighted by molar-refractivity contribution is 7.89. The maximum Gasteiger partial charge on any atom is 0.241 e. The Balaban J connectivity index is 1.70. The molecule has 1 aromatic carbocycles. The molecule has 5 nitrogen and oxygen atoms in total. The van der Waals surface area contributed by atoms with Crippen molar-refractivity contribution in [2.75, 3.05) is 13.1 Å². The normalized spacial score (nSPS) is 30.0. The first-order valence-corrected chi connectivity index (χ1v) is 9.16. The zero-order chi connectivity index (χ0) is 15.7. The van der Waals surface area contributed by atoms with Crippen LogP contribution >= 0.6 is 0 Å². The van der Waals surface area contributed by atoms with E-state index >= 15 is 0 Å². The van der Waals surface area contributed by atoms with Crippen molar-refractivity contribution in [2.24, 2.45) is 0 Å². The SMILES string of the molecule is O=S(=O)(N[C@@H]1CC[C@@H](N2CCCC2)[C@@H]1O)c1cccc(F)c1. The van der Waals surface area contributed by atoms with Gasteiger partial charge in [0.15, 0.2) is 0 Å². The molecule has 2 fully saturated rings. The first-order valence-electron chi connectivity index (χ1n) is 7.67. The van der Waals surface area contributed by atoms with E-state index in [9.17, 15) is 17.9 Å². The van der Waals surface area contributed by atoms with E-state index in [1.807, 2.05) is 0 Å². The van der Waals surface area contributed by atoms with E-state index < -0.39 is 28.0 Å². The highest BCUT2D eigenvalue weighted by Crippen LogP contribution is 2.28. The second-order valence-electron chi connectivity index (χ2n) is 6.06. The number of hydrogen-bond acceptors (Lipinski definition) is 4. The summed E-state index contributed by atoms with van der Waals surface area (Å²) in [5.41, 5.74) is 0. The molecule has 3 rings (SSSR count). The van der Waals surface area contributed by atoms with E-state index in [1.165, 1.54) is 18.2 Å². The van der Waals surface area contributed by atoms with Crippen molar-refractivity contribution < 1.29 is 17.9 Å². The first kappa shape index (κ1) is 15.9. The maximum absolute atomic E-state index is 13.2. The number of hydrogen-bond donors (Lipinski definition) is 2. The molecular weight excluding hydrogens is 307 g/mol. The van der Waals surface area contributed by atoms with Crippen molar-refractivity contribution in [2.45, 2.75) is 48.8 Å². The van der Waals surface area contributed by atoms with E-state index in [1.54, 1.807) is 0 Å². The highest BCUT2D eigenvalue weighted by Gasteiger charge is 2.40. The molecule has 1 saturated carbocycles. The molecule has 1 aliphatic heterocycles. The number of nitrogens with zero attached hydrogens (tertiary/aromatic N) is 1. The standard InChI is InChI=1S/C15H21FN2O3S/c16-11-4-3-5-12(10-11)22(20,21)17-13-6-7-14(15(13)19)18-8-1-2-9-18/h3-5,10,13-15,17,19H,1-2,6-9H2/t13-,14-,15-/m1/s1. The van der Waals surface area contributed by atoms with Crippen LogP contribution in [0.5, 0.6) is 0 Å². The maximum atomic E-state index is 13.2. The number of aliphatic hydroxyl groups excluding tert-OH is 1. The molecule has 0 aromatic heterocycles. The van der Waals surface area contributed by atoms with Crippen molar-refractivity contribution in [1.82, 2.24) is 9.62 Å². The number of likely N-dealkylation sites (tertiary alicyclic amines) is 1. The lowest BCUT2D eigenvalue weighted by Gasteiger charge is -2.28. The molecule has 1 aromatic rings. The summed E-state index contributed by atoms with van der Waals surface area (Å²) in [5, 5.41) is 10.4. The summed E-state index contributed by atoms with van der Waals surface area (Å²) in [6.45, 7) is 1.93. The predicted octanol–water partition coefficient (Wildman–Crippen LogP) is 1.09. The zero-order valence-corrected chi connectivity index (χ0v) is 13.1. The third-order valence-corrected chi connectivity index (χ3v) is 6.09. The van der Waals surface area contributed by atoms with Gasteiger partial charge in [0.1, 0.15) is 5.82 Å². The Morgan fingerprint density at radius 3 is 2.64 bits per heavy atom. The Kier molecular flexibility index (Phi) is 4.49. The van der Waals surface area contributed by atoms with Crippen LogP contribution in [0.2, 0.25) is 0 Å². The van der Waals surface area contributed by atoms with Crippen molar-refractivity contribution in [1.29, 1.82) is 0 Å². The predicted molar refractivity (Wildman–Crippen MR) is 80.3 cm³/mol. The fourth-order valence-electron chi connectivity index (χ4n) is 3.46. The van der Waals surface area contributed by atoms with Gasteiger partial charge in [-0.15, -0.1) is 0 Å². The quantitative estimate of drug-likeness (QED) is 0.868. The molecule has 0 spiro atoms. The van der Waals surface area contributed by atoms with Gasteiger partial charge in [-0.05, 0) is 57.0 Å². The molecule has 0 unspecified atom stereocenters. The summed E-state index contributed by atoms with van der Waals surface area (Å²) in [6.07, 6.45) is 2.90. The fourth-order valence-corrected chi connectivity index (χ4v) is 4.78. The number of nitrogens with one attached hydrogen (secondary N) is 1. The van der Waals surface area contributed by atoms with Gasteiger partial charge >= 0.3 is 0 Å². The summed E-state index contributed by atoms with van der Waals surface area (Å²) in [5.74, 6) is -0.593. The molecular formula is C15H21FN2O3S. The van der Waals surface area contributed by atoms with Crippen molar-refractivity contribution in [3.8, 4) is 0 Å². The van der Waals surface area contributed by atoms with Crippen LogP contribution in [-0.4, -0.2) is 49.7 Å². The number of sulfonamides is 1. The number of rotatable bonds is 4. The molecule has 0 amide bonds. The molecule has 1 heterocycles. The van der Waals surface area contributed by atoms with E-state index in [0.29, 0.717) is 6.42 Å². The Morgan fingerprint density at radius 1 is 1.23 bits per heavy atom. The molecule has 0 bridgehead atoms. The van der Waals surface area contributed by atoms with Crippen LogP contribution in [0, 0.1) is 5.82 Å². The lowest BCUT2D eigenvalue weighted by atomic mass is 10.1. The highest BCUT2D eigenvalue weighted by atomic mass is 32.2. The monoisotopic (exact) mass is 328 g/mol. The molecule has 1 saturated heterocycles. The summed E-state index contributed by atoms with van der Waals surface area (Å²) in [6, 6.07) is 4.41. The van der Waals surface area contributed by atoms with E-state index in [2.05, 4.69) is 9.62 Å². The minimum absolute atomic E-state index is 0.0164. The van der Waals surface area contributed by atoms with Gasteiger partial charge in [0, 0.05) is 12.1 Å².